The summed E-state index contributed by atoms with van der Waals surface area (Å²) < 4.78 is 0. The van der Waals surface area contributed by atoms with E-state index in [1.54, 1.807) is 6.07 Å². The van der Waals surface area contributed by atoms with Crippen molar-refractivity contribution in [1.29, 1.82) is 5.26 Å². The van der Waals surface area contributed by atoms with Crippen molar-refractivity contribution in [2.75, 3.05) is 0 Å². The van der Waals surface area contributed by atoms with E-state index in [0.29, 0.717) is 6.29 Å². The van der Waals surface area contributed by atoms with Gasteiger partial charge in [-0.15, -0.1) is 0 Å². The fourth-order valence-corrected chi connectivity index (χ4v) is 0.143. The summed E-state index contributed by atoms with van der Waals surface area (Å²) in [6, 6.07) is 1.69. The number of nitriles is 1. The van der Waals surface area contributed by atoms with Crippen molar-refractivity contribution in [3.05, 3.63) is 24.3 Å². The van der Waals surface area contributed by atoms with E-state index < -0.39 is 0 Å². The Balaban J connectivity index is 4.09. The first-order valence-electron chi connectivity index (χ1n) is 1.96. The lowest BCUT2D eigenvalue weighted by Crippen LogP contribution is -1.81. The molecule has 2 heteroatoms. The average Bonchev–Trinajstić information content (AvgIpc) is 1.84. The molecule has 0 aliphatic heterocycles. The molecule has 0 aliphatic rings. The van der Waals surface area contributed by atoms with E-state index >= 15 is 0 Å². The van der Waals surface area contributed by atoms with Crippen LogP contribution in [-0.2, 0) is 4.79 Å². The first-order chi connectivity index (χ1) is 3.72. The molecular weight excluding hydrogens is 102 g/mol. The molecule has 0 amide bonds. The van der Waals surface area contributed by atoms with Gasteiger partial charge >= 0.3 is 0 Å². The van der Waals surface area contributed by atoms with E-state index in [1.807, 2.05) is 0 Å². The van der Waals surface area contributed by atoms with Crippen LogP contribution in [0.3, 0.4) is 0 Å². The molecule has 2 nitrogen and oxygen atoms in total. The smallest absolute Gasteiger partial charge is 0.150 e. The molecule has 8 heavy (non-hydrogen) atoms. The molecule has 0 saturated carbocycles. The predicted octanol–water partition coefficient (Wildman–Crippen LogP) is 0.821. The lowest BCUT2D eigenvalue weighted by molar-refractivity contribution is -0.104. The quantitative estimate of drug-likeness (QED) is 0.227. The van der Waals surface area contributed by atoms with E-state index in [-0.39, 0.29) is 11.1 Å². The second kappa shape index (κ2) is 2.75. The van der Waals surface area contributed by atoms with Gasteiger partial charge in [0.05, 0.1) is 11.6 Å². The second-order valence-corrected chi connectivity index (χ2v) is 1.23. The number of hydrogen-bond donors (Lipinski definition) is 0. The van der Waals surface area contributed by atoms with Crippen molar-refractivity contribution in [1.82, 2.24) is 0 Å². The summed E-state index contributed by atoms with van der Waals surface area (Å²) in [6.07, 6.45) is 0.506. The van der Waals surface area contributed by atoms with Crippen molar-refractivity contribution in [3.63, 3.8) is 0 Å². The Morgan fingerprint density at radius 1 is 1.62 bits per heavy atom. The maximum Gasteiger partial charge on any atom is 0.150 e. The van der Waals surface area contributed by atoms with Crippen LogP contribution in [-0.4, -0.2) is 6.29 Å². The van der Waals surface area contributed by atoms with Gasteiger partial charge in [-0.1, -0.05) is 13.2 Å². The zero-order chi connectivity index (χ0) is 6.57. The summed E-state index contributed by atoms with van der Waals surface area (Å²) in [5.74, 6) is 0. The van der Waals surface area contributed by atoms with Crippen LogP contribution in [0.1, 0.15) is 0 Å². The van der Waals surface area contributed by atoms with Gasteiger partial charge in [-0.3, -0.25) is 4.79 Å². The third kappa shape index (κ3) is 1.39. The Hall–Kier alpha value is -1.36. The highest BCUT2D eigenvalue weighted by Gasteiger charge is 1.92. The number of carbonyl (C=O) groups excluding carboxylic acids is 1. The molecule has 0 fully saturated rings. The highest BCUT2D eigenvalue weighted by atomic mass is 16.1. The van der Waals surface area contributed by atoms with Crippen LogP contribution in [0.25, 0.3) is 0 Å². The van der Waals surface area contributed by atoms with Crippen LogP contribution in [0.4, 0.5) is 0 Å². The minimum atomic E-state index is 0.125. The number of rotatable bonds is 2. The first kappa shape index (κ1) is 6.64. The lowest BCUT2D eigenvalue weighted by Gasteiger charge is -1.83. The van der Waals surface area contributed by atoms with Crippen LogP contribution in [0.15, 0.2) is 24.3 Å². The molecule has 0 radical (unpaired) electrons. The Labute approximate surface area is 47.7 Å². The molecule has 0 rings (SSSR count). The first-order valence-corrected chi connectivity index (χ1v) is 1.96. The molecule has 0 atom stereocenters. The minimum Gasteiger partial charge on any atom is -0.298 e. The Kier molecular flexibility index (Phi) is 2.29. The van der Waals surface area contributed by atoms with Crippen molar-refractivity contribution >= 4 is 6.29 Å². The zero-order valence-electron chi connectivity index (χ0n) is 4.35. The molecule has 0 spiro atoms. The summed E-state index contributed by atoms with van der Waals surface area (Å²) in [5.41, 5.74) is 0.271. The molecule has 0 N–H and O–H groups in total. The van der Waals surface area contributed by atoms with Gasteiger partial charge < -0.3 is 0 Å². The molecular formula is C6H5NO. The maximum absolute atomic E-state index is 9.79. The topological polar surface area (TPSA) is 40.9 Å². The van der Waals surface area contributed by atoms with Crippen LogP contribution in [0.2, 0.25) is 0 Å². The summed E-state index contributed by atoms with van der Waals surface area (Å²) in [6.45, 7) is 6.51. The summed E-state index contributed by atoms with van der Waals surface area (Å²) in [4.78, 5) is 9.79. The SMILES string of the molecule is C=C(C#N)C(=C)C=O. The fraction of sp³-hybridized carbons (Fsp3) is 0. The molecule has 0 aromatic rings. The molecule has 0 saturated heterocycles. The predicted molar refractivity (Wildman–Crippen MR) is 30.0 cm³/mol. The third-order valence-corrected chi connectivity index (χ3v) is 0.665. The molecule has 0 heterocycles. The maximum atomic E-state index is 9.79. The van der Waals surface area contributed by atoms with Gasteiger partial charge in [0.15, 0.2) is 6.29 Å². The summed E-state index contributed by atoms with van der Waals surface area (Å²) in [5, 5.41) is 8.07. The average molecular weight is 107 g/mol. The zero-order valence-corrected chi connectivity index (χ0v) is 4.35. The van der Waals surface area contributed by atoms with E-state index in [1.165, 1.54) is 0 Å². The van der Waals surface area contributed by atoms with Crippen molar-refractivity contribution < 1.29 is 4.79 Å². The van der Waals surface area contributed by atoms with Gasteiger partial charge in [-0.2, -0.15) is 5.26 Å². The molecule has 40 valence electrons. The Morgan fingerprint density at radius 2 is 2.12 bits per heavy atom. The van der Waals surface area contributed by atoms with Crippen LogP contribution >= 0.6 is 0 Å². The van der Waals surface area contributed by atoms with Gasteiger partial charge in [0.2, 0.25) is 0 Å². The molecule has 0 bridgehead atoms. The van der Waals surface area contributed by atoms with E-state index in [9.17, 15) is 4.79 Å². The van der Waals surface area contributed by atoms with Crippen molar-refractivity contribution in [2.45, 2.75) is 0 Å². The van der Waals surface area contributed by atoms with Crippen molar-refractivity contribution in [2.24, 2.45) is 0 Å². The van der Waals surface area contributed by atoms with Crippen LogP contribution in [0, 0.1) is 11.3 Å². The van der Waals surface area contributed by atoms with Crippen LogP contribution in [0.5, 0.6) is 0 Å². The largest absolute Gasteiger partial charge is 0.298 e. The normalized spacial score (nSPS) is 6.88. The van der Waals surface area contributed by atoms with Gasteiger partial charge in [-0.25, -0.2) is 0 Å². The standard InChI is InChI=1S/C6H5NO/c1-5(3-7)6(2)4-8/h4H,1-2H2. The Bertz CT molecular complexity index is 173. The van der Waals surface area contributed by atoms with E-state index in [0.717, 1.165) is 0 Å². The summed E-state index contributed by atoms with van der Waals surface area (Å²) >= 11 is 0. The lowest BCUT2D eigenvalue weighted by atomic mass is 10.2. The van der Waals surface area contributed by atoms with Crippen molar-refractivity contribution in [3.8, 4) is 6.07 Å². The van der Waals surface area contributed by atoms with Gasteiger partial charge in [0.1, 0.15) is 0 Å². The Morgan fingerprint density at radius 3 is 2.25 bits per heavy atom. The van der Waals surface area contributed by atoms with E-state index in [4.69, 9.17) is 5.26 Å². The molecule has 0 aromatic heterocycles. The number of hydrogen-bond acceptors (Lipinski definition) is 2. The van der Waals surface area contributed by atoms with E-state index in [2.05, 4.69) is 13.2 Å². The molecule has 0 aromatic carbocycles. The monoisotopic (exact) mass is 107 g/mol. The molecule has 0 aliphatic carbocycles. The highest BCUT2D eigenvalue weighted by Crippen LogP contribution is 1.96. The van der Waals surface area contributed by atoms with Crippen LogP contribution < -0.4 is 0 Å². The summed E-state index contributed by atoms with van der Waals surface area (Å²) in [7, 11) is 0. The third-order valence-electron chi connectivity index (χ3n) is 0.665. The highest BCUT2D eigenvalue weighted by molar-refractivity contribution is 5.80. The number of nitrogens with zero attached hydrogens (tertiary/aromatic N) is 1. The number of allylic oxidation sites excluding steroid dienone is 2. The fourth-order valence-electron chi connectivity index (χ4n) is 0.143. The van der Waals surface area contributed by atoms with Gasteiger partial charge in [-0.05, 0) is 0 Å². The minimum absolute atomic E-state index is 0.125. The van der Waals surface area contributed by atoms with Gasteiger partial charge in [0, 0.05) is 5.57 Å². The second-order valence-electron chi connectivity index (χ2n) is 1.23. The van der Waals surface area contributed by atoms with Gasteiger partial charge in [0.25, 0.3) is 0 Å². The number of aldehydes is 1. The number of carbonyl (C=O) groups is 1. The molecule has 0 unspecified atom stereocenters.